The number of rotatable bonds is 22. The van der Waals surface area contributed by atoms with Gasteiger partial charge in [-0.1, -0.05) is 19.9 Å². The third-order valence-corrected chi connectivity index (χ3v) is 11.0. The molecule has 0 spiro atoms. The summed E-state index contributed by atoms with van der Waals surface area (Å²) < 4.78 is 17.2. The molecule has 2 aromatic rings. The highest BCUT2D eigenvalue weighted by Gasteiger charge is 2.39. The Morgan fingerprint density at radius 1 is 0.898 bits per heavy atom. The maximum Gasteiger partial charge on any atom is 0.407 e. The molecule has 0 radical (unpaired) electrons. The summed E-state index contributed by atoms with van der Waals surface area (Å²) in [5.41, 5.74) is 1.76. The SMILES string of the molecule is CC1=C(C)C(=O)C(C(C)(C)CC(=O)N(C)CCN(CCOCCOCCOCCC(=O)NCC(c2ccc3nc(C#N)sc3c2)N2C(=O)C=CC2=O)C(=O)O)=C(C)C1=O. The minimum Gasteiger partial charge on any atom is -0.465 e. The van der Waals surface area contributed by atoms with Crippen LogP contribution in [0, 0.1) is 16.7 Å². The van der Waals surface area contributed by atoms with Crippen LogP contribution in [0.3, 0.4) is 0 Å². The summed E-state index contributed by atoms with van der Waals surface area (Å²) in [6.45, 7) is 9.57. The zero-order chi connectivity index (χ0) is 43.4. The molecule has 1 unspecified atom stereocenters. The van der Waals surface area contributed by atoms with Gasteiger partial charge >= 0.3 is 6.09 Å². The molecule has 1 aromatic carbocycles. The number of carbonyl (C=O) groups is 7. The fraction of sp³-hybridized carbons (Fsp3) is 0.488. The van der Waals surface area contributed by atoms with Crippen LogP contribution in [0.1, 0.15) is 64.1 Å². The number of nitrogens with one attached hydrogen (secondary N) is 1. The van der Waals surface area contributed by atoms with E-state index in [1.165, 1.54) is 28.4 Å². The fourth-order valence-corrected chi connectivity index (χ4v) is 7.47. The van der Waals surface area contributed by atoms with Gasteiger partial charge in [-0.15, -0.1) is 11.3 Å². The minimum atomic E-state index is -1.17. The maximum atomic E-state index is 13.1. The Morgan fingerprint density at radius 2 is 1.51 bits per heavy atom. The molecule has 18 heteroatoms. The number of nitriles is 1. The number of allylic oxidation sites excluding steroid dienone is 4. The Hall–Kier alpha value is -5.61. The normalized spacial score (nSPS) is 15.0. The second-order valence-electron chi connectivity index (χ2n) is 14.7. The van der Waals surface area contributed by atoms with Crippen molar-refractivity contribution in [1.29, 1.82) is 5.26 Å². The molecule has 17 nitrogen and oxygen atoms in total. The molecule has 0 saturated heterocycles. The molecule has 0 fully saturated rings. The Bertz CT molecular complexity index is 2100. The quantitative estimate of drug-likeness (QED) is 0.0988. The first-order valence-corrected chi connectivity index (χ1v) is 19.8. The number of carbonyl (C=O) groups excluding carboxylic acids is 6. The molecule has 59 heavy (non-hydrogen) atoms. The van der Waals surface area contributed by atoms with Gasteiger partial charge in [-0.05, 0) is 38.5 Å². The van der Waals surface area contributed by atoms with Gasteiger partial charge in [-0.3, -0.25) is 33.7 Å². The lowest BCUT2D eigenvalue weighted by molar-refractivity contribution is -0.140. The van der Waals surface area contributed by atoms with Crippen molar-refractivity contribution in [3.63, 3.8) is 0 Å². The van der Waals surface area contributed by atoms with Crippen LogP contribution in [-0.4, -0.2) is 139 Å². The van der Waals surface area contributed by atoms with Crippen molar-refractivity contribution in [3.8, 4) is 6.07 Å². The van der Waals surface area contributed by atoms with Crippen LogP contribution in [-0.2, 0) is 43.0 Å². The van der Waals surface area contributed by atoms with E-state index in [0.717, 1.165) is 9.80 Å². The van der Waals surface area contributed by atoms with E-state index in [4.69, 9.17) is 14.2 Å². The molecule has 1 aliphatic heterocycles. The summed E-state index contributed by atoms with van der Waals surface area (Å²) in [6, 6.07) is 6.40. The number of nitrogens with zero attached hydrogens (tertiary/aromatic N) is 5. The summed E-state index contributed by atoms with van der Waals surface area (Å²) >= 11 is 1.19. The molecule has 0 bridgehead atoms. The molecule has 1 atom stereocenters. The van der Waals surface area contributed by atoms with E-state index >= 15 is 0 Å². The number of imide groups is 1. The van der Waals surface area contributed by atoms with Crippen molar-refractivity contribution in [2.75, 3.05) is 72.9 Å². The van der Waals surface area contributed by atoms with Gasteiger partial charge < -0.3 is 34.4 Å². The summed E-state index contributed by atoms with van der Waals surface area (Å²) in [6.07, 6.45) is 1.17. The molecule has 0 saturated carbocycles. The number of ketones is 2. The molecule has 2 N–H and O–H groups in total. The minimum absolute atomic E-state index is 0.0236. The fourth-order valence-electron chi connectivity index (χ4n) is 6.66. The van der Waals surface area contributed by atoms with E-state index in [1.807, 2.05) is 6.07 Å². The van der Waals surface area contributed by atoms with Gasteiger partial charge in [-0.2, -0.15) is 5.26 Å². The molecular formula is C41H50N6O11S. The summed E-state index contributed by atoms with van der Waals surface area (Å²) in [5, 5.41) is 21.9. The van der Waals surface area contributed by atoms with Crippen molar-refractivity contribution < 1.29 is 52.9 Å². The summed E-state index contributed by atoms with van der Waals surface area (Å²) in [5.74, 6) is -2.07. The average Bonchev–Trinajstić information content (AvgIpc) is 3.77. The number of carboxylic acid groups (broad SMARTS) is 1. The summed E-state index contributed by atoms with van der Waals surface area (Å²) in [4.78, 5) is 96.2. The number of benzene rings is 1. The van der Waals surface area contributed by atoms with E-state index in [0.29, 0.717) is 38.1 Å². The molecule has 2 heterocycles. The number of ether oxygens (including phenoxy) is 3. The monoisotopic (exact) mass is 834 g/mol. The number of amides is 5. The van der Waals surface area contributed by atoms with Crippen LogP contribution < -0.4 is 5.32 Å². The lowest BCUT2D eigenvalue weighted by Gasteiger charge is -2.33. The number of hydrogen-bond acceptors (Lipinski definition) is 13. The molecule has 1 aliphatic carbocycles. The van der Waals surface area contributed by atoms with Gasteiger partial charge in [0.2, 0.25) is 11.8 Å². The lowest BCUT2D eigenvalue weighted by Crippen LogP contribution is -2.42. The first-order valence-electron chi connectivity index (χ1n) is 19.0. The Kier molecular flexibility index (Phi) is 16.3. The van der Waals surface area contributed by atoms with Gasteiger partial charge in [0.15, 0.2) is 16.6 Å². The maximum absolute atomic E-state index is 13.1. The highest BCUT2D eigenvalue weighted by Crippen LogP contribution is 2.39. The Balaban J connectivity index is 1.08. The first-order chi connectivity index (χ1) is 28.0. The van der Waals surface area contributed by atoms with Gasteiger partial charge in [0.1, 0.15) is 6.07 Å². The topological polar surface area (TPSA) is 226 Å². The highest BCUT2D eigenvalue weighted by atomic mass is 32.1. The van der Waals surface area contributed by atoms with Crippen LogP contribution in [0.15, 0.2) is 52.6 Å². The average molecular weight is 835 g/mol. The zero-order valence-electron chi connectivity index (χ0n) is 34.1. The zero-order valence-corrected chi connectivity index (χ0v) is 34.9. The van der Waals surface area contributed by atoms with Crippen molar-refractivity contribution in [2.24, 2.45) is 5.41 Å². The molecule has 4 rings (SSSR count). The van der Waals surface area contributed by atoms with Crippen molar-refractivity contribution in [3.05, 3.63) is 63.2 Å². The van der Waals surface area contributed by atoms with E-state index < -0.39 is 29.4 Å². The Morgan fingerprint density at radius 3 is 2.14 bits per heavy atom. The number of likely N-dealkylation sites (N-methyl/N-ethyl adjacent to an activating group) is 1. The van der Waals surface area contributed by atoms with Gasteiger partial charge in [0.25, 0.3) is 11.8 Å². The number of Topliss-reactive ketones (excluding diaryl/α,β-unsaturated/α-hetero) is 2. The van der Waals surface area contributed by atoms with E-state index in [1.54, 1.807) is 59.9 Å². The van der Waals surface area contributed by atoms with Crippen LogP contribution in [0.2, 0.25) is 0 Å². The standard InChI is InChI=1S/C41H50N6O11S/c1-25-26(2)39(53)37(27(3)38(25)52)41(4,5)22-36(51)45(6)12-13-46(40(54)55)14-16-57-18-20-58-19-17-56-15-11-32(48)43-24-30(47-34(49)9-10-35(47)50)28-7-8-29-31(21-28)59-33(23-42)44-29/h7-10,21,30H,11-20,22,24H2,1-6H3,(H,43,48)(H,54,55). The molecular weight excluding hydrogens is 785 g/mol. The second kappa shape index (κ2) is 20.9. The van der Waals surface area contributed by atoms with E-state index in [2.05, 4.69) is 10.3 Å². The number of hydrogen-bond donors (Lipinski definition) is 2. The van der Waals surface area contributed by atoms with Crippen molar-refractivity contribution in [2.45, 2.75) is 53.5 Å². The van der Waals surface area contributed by atoms with Crippen LogP contribution in [0.4, 0.5) is 4.79 Å². The highest BCUT2D eigenvalue weighted by molar-refractivity contribution is 7.19. The van der Waals surface area contributed by atoms with E-state index in [-0.39, 0.29) is 107 Å². The van der Waals surface area contributed by atoms with E-state index in [9.17, 15) is 43.9 Å². The van der Waals surface area contributed by atoms with Crippen molar-refractivity contribution in [1.82, 2.24) is 25.0 Å². The molecule has 1 aromatic heterocycles. The first kappa shape index (κ1) is 46.1. The third-order valence-electron chi connectivity index (χ3n) is 10.1. The predicted octanol–water partition coefficient (Wildman–Crippen LogP) is 3.35. The van der Waals surface area contributed by atoms with Gasteiger partial charge in [0, 0.05) is 85.9 Å². The molecule has 316 valence electrons. The molecule has 2 aliphatic rings. The summed E-state index contributed by atoms with van der Waals surface area (Å²) in [7, 11) is 1.56. The van der Waals surface area contributed by atoms with Crippen LogP contribution in [0.5, 0.6) is 0 Å². The Labute approximate surface area is 346 Å². The van der Waals surface area contributed by atoms with Crippen LogP contribution in [0.25, 0.3) is 10.2 Å². The smallest absolute Gasteiger partial charge is 0.407 e. The lowest BCUT2D eigenvalue weighted by atomic mass is 9.71. The van der Waals surface area contributed by atoms with Crippen molar-refractivity contribution >= 4 is 62.8 Å². The number of thiazole rings is 1. The van der Waals surface area contributed by atoms with Gasteiger partial charge in [-0.25, -0.2) is 9.78 Å². The largest absolute Gasteiger partial charge is 0.465 e. The number of aromatic nitrogens is 1. The van der Waals surface area contributed by atoms with Crippen LogP contribution >= 0.6 is 11.3 Å². The number of fused-ring (bicyclic) bond motifs is 1. The third kappa shape index (κ3) is 12.0. The van der Waals surface area contributed by atoms with Gasteiger partial charge in [0.05, 0.1) is 55.9 Å². The predicted molar refractivity (Wildman–Crippen MR) is 215 cm³/mol. The second-order valence-corrected chi connectivity index (χ2v) is 15.7. The molecule has 5 amide bonds.